The maximum atomic E-state index is 10.7. The summed E-state index contributed by atoms with van der Waals surface area (Å²) < 4.78 is 5.00. The van der Waals surface area contributed by atoms with Crippen LogP contribution >= 0.6 is 0 Å². The molecule has 106 valence electrons. The van der Waals surface area contributed by atoms with Crippen LogP contribution in [0.3, 0.4) is 0 Å². The molecule has 0 aromatic carbocycles. The van der Waals surface area contributed by atoms with Gasteiger partial charge in [-0.25, -0.2) is 4.79 Å². The molecule has 1 aromatic heterocycles. The van der Waals surface area contributed by atoms with Crippen LogP contribution in [0.15, 0.2) is 18.3 Å². The van der Waals surface area contributed by atoms with E-state index in [0.29, 0.717) is 6.54 Å². The van der Waals surface area contributed by atoms with E-state index in [9.17, 15) is 4.79 Å². The lowest BCUT2D eigenvalue weighted by molar-refractivity contribution is 0.0696. The van der Waals surface area contributed by atoms with Crippen molar-refractivity contribution in [3.05, 3.63) is 29.6 Å². The molecule has 1 rings (SSSR count). The van der Waals surface area contributed by atoms with E-state index in [4.69, 9.17) is 9.84 Å². The lowest BCUT2D eigenvalue weighted by atomic mass is 10.2. The molecule has 0 aliphatic heterocycles. The second kappa shape index (κ2) is 8.58. The normalized spacial score (nSPS) is 10.9. The Bertz CT molecular complexity index is 381. The van der Waals surface area contributed by atoms with Gasteiger partial charge in [0.15, 0.2) is 0 Å². The first kappa shape index (κ1) is 15.6. The van der Waals surface area contributed by atoms with Gasteiger partial charge in [0.25, 0.3) is 0 Å². The molecule has 0 aliphatic rings. The molecule has 0 amide bonds. The van der Waals surface area contributed by atoms with Crippen LogP contribution in [-0.4, -0.2) is 61.4 Å². The number of nitrogens with one attached hydrogen (secondary N) is 1. The van der Waals surface area contributed by atoms with Crippen molar-refractivity contribution < 1.29 is 14.6 Å². The number of likely N-dealkylation sites (N-methyl/N-ethyl adjacent to an activating group) is 1. The van der Waals surface area contributed by atoms with Crippen LogP contribution in [-0.2, 0) is 11.3 Å². The fourth-order valence-electron chi connectivity index (χ4n) is 1.50. The minimum absolute atomic E-state index is 0.211. The zero-order valence-corrected chi connectivity index (χ0v) is 11.4. The molecule has 0 spiro atoms. The number of carbonyl (C=O) groups is 1. The molecule has 0 unspecified atom stereocenters. The highest BCUT2D eigenvalue weighted by molar-refractivity contribution is 5.87. The first-order valence-electron chi connectivity index (χ1n) is 6.20. The van der Waals surface area contributed by atoms with Crippen LogP contribution in [0.2, 0.25) is 0 Å². The highest BCUT2D eigenvalue weighted by atomic mass is 16.5. The van der Waals surface area contributed by atoms with E-state index in [1.807, 2.05) is 7.05 Å². The van der Waals surface area contributed by atoms with Crippen molar-refractivity contribution in [3.63, 3.8) is 0 Å². The number of rotatable bonds is 9. The number of aromatic carboxylic acids is 1. The summed E-state index contributed by atoms with van der Waals surface area (Å²) in [5.74, 6) is -0.952. The molecule has 1 aromatic rings. The molecule has 0 saturated heterocycles. The predicted octanol–water partition coefficient (Wildman–Crippen LogP) is 0.448. The van der Waals surface area contributed by atoms with Crippen molar-refractivity contribution in [2.45, 2.75) is 6.54 Å². The monoisotopic (exact) mass is 267 g/mol. The van der Waals surface area contributed by atoms with Gasteiger partial charge in [-0.2, -0.15) is 0 Å². The summed E-state index contributed by atoms with van der Waals surface area (Å²) in [7, 11) is 3.74. The predicted molar refractivity (Wildman–Crippen MR) is 72.3 cm³/mol. The van der Waals surface area contributed by atoms with Gasteiger partial charge >= 0.3 is 5.97 Å². The third-order valence-electron chi connectivity index (χ3n) is 2.73. The minimum Gasteiger partial charge on any atom is -0.478 e. The first-order chi connectivity index (χ1) is 9.13. The summed E-state index contributed by atoms with van der Waals surface area (Å²) in [6.45, 7) is 4.05. The van der Waals surface area contributed by atoms with Crippen LogP contribution in [0, 0.1) is 0 Å². The highest BCUT2D eigenvalue weighted by Gasteiger charge is 2.03. The molecule has 0 saturated carbocycles. The van der Waals surface area contributed by atoms with Crippen molar-refractivity contribution in [1.29, 1.82) is 0 Å². The lowest BCUT2D eigenvalue weighted by Crippen LogP contribution is -2.31. The molecule has 2 N–H and O–H groups in total. The number of ether oxygens (including phenoxy) is 1. The number of hydrogen-bond donors (Lipinski definition) is 2. The van der Waals surface area contributed by atoms with Gasteiger partial charge < -0.3 is 20.1 Å². The van der Waals surface area contributed by atoms with E-state index in [2.05, 4.69) is 15.2 Å². The number of pyridine rings is 1. The van der Waals surface area contributed by atoms with Gasteiger partial charge in [-0.3, -0.25) is 4.98 Å². The molecule has 0 fully saturated rings. The Kier molecular flexibility index (Phi) is 7.02. The smallest absolute Gasteiger partial charge is 0.337 e. The SMILES string of the molecule is COCCN(C)CCNCc1ccc(C(=O)O)cn1. The zero-order valence-electron chi connectivity index (χ0n) is 11.4. The Balaban J connectivity index is 2.20. The molecule has 0 aliphatic carbocycles. The Morgan fingerprint density at radius 2 is 2.26 bits per heavy atom. The number of carboxylic acid groups (broad SMARTS) is 1. The van der Waals surface area contributed by atoms with Crippen molar-refractivity contribution >= 4 is 5.97 Å². The van der Waals surface area contributed by atoms with Crippen molar-refractivity contribution in [2.75, 3.05) is 40.4 Å². The van der Waals surface area contributed by atoms with Crippen molar-refractivity contribution in [1.82, 2.24) is 15.2 Å². The van der Waals surface area contributed by atoms with Gasteiger partial charge in [0.05, 0.1) is 17.9 Å². The van der Waals surface area contributed by atoms with Crippen LogP contribution < -0.4 is 5.32 Å². The molecule has 0 atom stereocenters. The molecule has 0 radical (unpaired) electrons. The second-order valence-electron chi connectivity index (χ2n) is 4.32. The lowest BCUT2D eigenvalue weighted by Gasteiger charge is -2.16. The summed E-state index contributed by atoms with van der Waals surface area (Å²) in [5, 5.41) is 12.0. The van der Waals surface area contributed by atoms with E-state index in [1.54, 1.807) is 19.2 Å². The zero-order chi connectivity index (χ0) is 14.1. The van der Waals surface area contributed by atoms with Crippen LogP contribution in [0.25, 0.3) is 0 Å². The summed E-state index contributed by atoms with van der Waals surface area (Å²) in [6.07, 6.45) is 1.38. The fourth-order valence-corrected chi connectivity index (χ4v) is 1.50. The number of carboxylic acids is 1. The molecular formula is C13H21N3O3. The quantitative estimate of drug-likeness (QED) is 0.633. The van der Waals surface area contributed by atoms with E-state index >= 15 is 0 Å². The van der Waals surface area contributed by atoms with Crippen LogP contribution in [0.1, 0.15) is 16.1 Å². The van der Waals surface area contributed by atoms with Gasteiger partial charge in [-0.05, 0) is 19.2 Å². The summed E-state index contributed by atoms with van der Waals surface area (Å²) >= 11 is 0. The topological polar surface area (TPSA) is 74.7 Å². The summed E-state index contributed by atoms with van der Waals surface area (Å²) in [5.41, 5.74) is 1.05. The summed E-state index contributed by atoms with van der Waals surface area (Å²) in [4.78, 5) is 16.9. The molecule has 6 heteroatoms. The fraction of sp³-hybridized carbons (Fsp3) is 0.538. The summed E-state index contributed by atoms with van der Waals surface area (Å²) in [6, 6.07) is 3.29. The maximum Gasteiger partial charge on any atom is 0.337 e. The van der Waals surface area contributed by atoms with Gasteiger partial charge in [0.1, 0.15) is 0 Å². The maximum absolute atomic E-state index is 10.7. The molecule has 0 bridgehead atoms. The second-order valence-corrected chi connectivity index (χ2v) is 4.32. The average Bonchev–Trinajstić information content (AvgIpc) is 2.41. The van der Waals surface area contributed by atoms with Crippen molar-refractivity contribution in [3.8, 4) is 0 Å². The highest BCUT2D eigenvalue weighted by Crippen LogP contribution is 1.99. The third-order valence-corrected chi connectivity index (χ3v) is 2.73. The standard InChI is InChI=1S/C13H21N3O3/c1-16(7-8-19-2)6-5-14-10-12-4-3-11(9-15-12)13(17)18/h3-4,9,14H,5-8,10H2,1-2H3,(H,17,18). The van der Waals surface area contributed by atoms with E-state index in [1.165, 1.54) is 6.20 Å². The Morgan fingerprint density at radius 1 is 1.47 bits per heavy atom. The van der Waals surface area contributed by atoms with Gasteiger partial charge in [-0.15, -0.1) is 0 Å². The molecule has 1 heterocycles. The first-order valence-corrected chi connectivity index (χ1v) is 6.20. The number of methoxy groups -OCH3 is 1. The van der Waals surface area contributed by atoms with Crippen LogP contribution in [0.5, 0.6) is 0 Å². The number of hydrogen-bond acceptors (Lipinski definition) is 5. The van der Waals surface area contributed by atoms with E-state index in [-0.39, 0.29) is 5.56 Å². The Hall–Kier alpha value is -1.50. The minimum atomic E-state index is -0.952. The van der Waals surface area contributed by atoms with E-state index < -0.39 is 5.97 Å². The number of nitrogens with zero attached hydrogens (tertiary/aromatic N) is 2. The largest absolute Gasteiger partial charge is 0.478 e. The van der Waals surface area contributed by atoms with Gasteiger partial charge in [-0.1, -0.05) is 0 Å². The third kappa shape index (κ3) is 6.28. The van der Waals surface area contributed by atoms with Gasteiger partial charge in [0, 0.05) is 39.5 Å². The van der Waals surface area contributed by atoms with Gasteiger partial charge in [0.2, 0.25) is 0 Å². The molecule has 6 nitrogen and oxygen atoms in total. The van der Waals surface area contributed by atoms with Crippen LogP contribution in [0.4, 0.5) is 0 Å². The molecule has 19 heavy (non-hydrogen) atoms. The van der Waals surface area contributed by atoms with E-state index in [0.717, 1.165) is 31.9 Å². The number of aromatic nitrogens is 1. The Morgan fingerprint density at radius 3 is 2.84 bits per heavy atom. The molecular weight excluding hydrogens is 246 g/mol. The average molecular weight is 267 g/mol. The Labute approximate surface area is 113 Å². The van der Waals surface area contributed by atoms with Crippen molar-refractivity contribution in [2.24, 2.45) is 0 Å².